The number of fused-ring (bicyclic) bond motifs is 6. The number of aryl methyl sites for hydroxylation is 1. The molecule has 4 aliphatic rings. The summed E-state index contributed by atoms with van der Waals surface area (Å²) in [5.41, 5.74) is 4.06. The highest BCUT2D eigenvalue weighted by atomic mass is 32.2. The van der Waals surface area contributed by atoms with Crippen LogP contribution in [0.25, 0.3) is 44.5 Å². The van der Waals surface area contributed by atoms with Crippen LogP contribution >= 0.6 is 7.75 Å². The Kier molecular flexibility index (Phi) is 9.34. The summed E-state index contributed by atoms with van der Waals surface area (Å²) < 4.78 is 96.8. The molecule has 1 saturated carbocycles. The molecule has 0 saturated heterocycles. The van der Waals surface area contributed by atoms with E-state index in [4.69, 9.17) is 9.05 Å². The first-order valence-electron chi connectivity index (χ1n) is 19.0. The number of nitrogens with one attached hydrogen (secondary N) is 1. The molecule has 3 aliphatic carbocycles. The molecule has 6 nitrogen and oxygen atoms in total. The minimum Gasteiger partial charge on any atom is -0.403 e. The van der Waals surface area contributed by atoms with Crippen molar-refractivity contribution in [2.24, 2.45) is 11.8 Å². The van der Waals surface area contributed by atoms with Crippen LogP contribution in [0.2, 0.25) is 0 Å². The van der Waals surface area contributed by atoms with Crippen LogP contribution in [-0.2, 0) is 32.0 Å². The highest BCUT2D eigenvalue weighted by Gasteiger charge is 2.54. The van der Waals surface area contributed by atoms with Crippen molar-refractivity contribution < 1.29 is 35.2 Å². The van der Waals surface area contributed by atoms with Crippen molar-refractivity contribution in [2.75, 3.05) is 0 Å². The van der Waals surface area contributed by atoms with Gasteiger partial charge in [-0.1, -0.05) is 133 Å². The van der Waals surface area contributed by atoms with Crippen molar-refractivity contribution in [3.8, 4) is 39.1 Å². The Morgan fingerprint density at radius 1 is 0.661 bits per heavy atom. The number of benzene rings is 5. The van der Waals surface area contributed by atoms with Crippen LogP contribution in [0, 0.1) is 11.8 Å². The minimum absolute atomic E-state index is 0.0557. The zero-order chi connectivity index (χ0) is 38.7. The molecule has 9 rings (SSSR count). The summed E-state index contributed by atoms with van der Waals surface area (Å²) >= 11 is 0. The Labute approximate surface area is 324 Å². The van der Waals surface area contributed by atoms with Crippen molar-refractivity contribution in [3.63, 3.8) is 0 Å². The molecule has 5 aromatic carbocycles. The molecule has 5 aromatic rings. The second-order valence-electron chi connectivity index (χ2n) is 15.0. The smallest absolute Gasteiger partial charge is 0.403 e. The van der Waals surface area contributed by atoms with Gasteiger partial charge in [-0.2, -0.15) is 13.2 Å². The van der Waals surface area contributed by atoms with Gasteiger partial charge in [0, 0.05) is 22.3 Å². The van der Waals surface area contributed by atoms with Crippen LogP contribution in [0.4, 0.5) is 13.2 Å². The van der Waals surface area contributed by atoms with E-state index in [2.05, 4.69) is 6.08 Å². The van der Waals surface area contributed by atoms with Gasteiger partial charge in [-0.15, -0.1) is 0 Å². The Morgan fingerprint density at radius 3 is 1.84 bits per heavy atom. The van der Waals surface area contributed by atoms with Gasteiger partial charge in [-0.25, -0.2) is 13.0 Å². The maximum absolute atomic E-state index is 15.0. The van der Waals surface area contributed by atoms with Crippen LogP contribution in [0.1, 0.15) is 60.8 Å². The third-order valence-corrected chi connectivity index (χ3v) is 14.8. The van der Waals surface area contributed by atoms with Crippen LogP contribution in [0.15, 0.2) is 127 Å². The standard InChI is InChI=1S/C45H39F3NO5PS/c46-45(47,48)56(51,52)49-55(50)53-43-39(33-23-19-31(20-24-33)29-11-3-1-4-12-29)27-35-15-7-9-17-37(35)41(43)42-38-18-10-8-16-36(38)28-40(44(42)54-55)34-25-21-32(22-26-34)30-13-5-2-6-14-30/h1-6,11-14,19-28,35,37H,7-10,15-18H2,(H,49,50). The van der Waals surface area contributed by atoms with E-state index < -0.39 is 23.3 Å². The van der Waals surface area contributed by atoms with E-state index in [1.165, 1.54) is 4.49 Å². The maximum Gasteiger partial charge on any atom is 0.526 e. The molecule has 0 spiro atoms. The maximum atomic E-state index is 15.0. The third kappa shape index (κ3) is 6.71. The van der Waals surface area contributed by atoms with Gasteiger partial charge in [0.25, 0.3) is 0 Å². The lowest BCUT2D eigenvalue weighted by Crippen LogP contribution is -2.36. The highest BCUT2D eigenvalue weighted by molar-refractivity contribution is 7.95. The second kappa shape index (κ2) is 14.2. The molecule has 3 atom stereocenters. The van der Waals surface area contributed by atoms with E-state index in [0.29, 0.717) is 34.2 Å². The second-order valence-corrected chi connectivity index (χ2v) is 18.5. The molecule has 1 fully saturated rings. The average molecular weight is 794 g/mol. The molecule has 1 N–H and O–H groups in total. The van der Waals surface area contributed by atoms with Crippen molar-refractivity contribution in [3.05, 3.63) is 149 Å². The van der Waals surface area contributed by atoms with Gasteiger partial charge < -0.3 is 9.05 Å². The molecule has 3 unspecified atom stereocenters. The third-order valence-electron chi connectivity index (χ3n) is 11.5. The van der Waals surface area contributed by atoms with Crippen LogP contribution in [-0.4, -0.2) is 13.9 Å². The Balaban J connectivity index is 1.29. The van der Waals surface area contributed by atoms with Gasteiger partial charge in [0.05, 0.1) is 0 Å². The van der Waals surface area contributed by atoms with Gasteiger partial charge in [-0.3, -0.25) is 0 Å². The fourth-order valence-electron chi connectivity index (χ4n) is 8.87. The molecule has 56 heavy (non-hydrogen) atoms. The number of hydrogen-bond donors (Lipinski definition) is 1. The van der Waals surface area contributed by atoms with Gasteiger partial charge in [-0.05, 0) is 101 Å². The van der Waals surface area contributed by atoms with Crippen molar-refractivity contribution >= 4 is 28.9 Å². The van der Waals surface area contributed by atoms with Crippen LogP contribution in [0.5, 0.6) is 5.75 Å². The van der Waals surface area contributed by atoms with E-state index >= 15 is 4.57 Å². The monoisotopic (exact) mass is 793 g/mol. The van der Waals surface area contributed by atoms with E-state index in [-0.39, 0.29) is 23.3 Å². The van der Waals surface area contributed by atoms with Crippen LogP contribution in [0.3, 0.4) is 0 Å². The lowest BCUT2D eigenvalue weighted by Gasteiger charge is -2.38. The summed E-state index contributed by atoms with van der Waals surface area (Å²) in [6.07, 6.45) is 8.93. The molecule has 0 bridgehead atoms. The summed E-state index contributed by atoms with van der Waals surface area (Å²) in [7, 11) is -11.5. The van der Waals surface area contributed by atoms with Crippen molar-refractivity contribution in [1.82, 2.24) is 4.49 Å². The van der Waals surface area contributed by atoms with Crippen LogP contribution < -0.4 is 9.02 Å². The number of allylic oxidation sites excluding steroid dienone is 3. The van der Waals surface area contributed by atoms with E-state index in [0.717, 1.165) is 83.9 Å². The average Bonchev–Trinajstić information content (AvgIpc) is 3.34. The fourth-order valence-corrected chi connectivity index (χ4v) is 11.7. The first-order valence-corrected chi connectivity index (χ1v) is 22.1. The molecule has 11 heteroatoms. The first kappa shape index (κ1) is 36.7. The number of rotatable bonds is 6. The molecule has 1 aliphatic heterocycles. The van der Waals surface area contributed by atoms with Gasteiger partial charge in [0.15, 0.2) is 0 Å². The summed E-state index contributed by atoms with van der Waals surface area (Å²) in [5, 5.41) is 0. The minimum atomic E-state index is -6.19. The van der Waals surface area contributed by atoms with Gasteiger partial charge in [0.1, 0.15) is 11.5 Å². The lowest BCUT2D eigenvalue weighted by atomic mass is 9.67. The van der Waals surface area contributed by atoms with Gasteiger partial charge >= 0.3 is 23.3 Å². The molecule has 1 heterocycles. The zero-order valence-electron chi connectivity index (χ0n) is 30.4. The molecule has 0 amide bonds. The Morgan fingerprint density at radius 2 is 1.21 bits per heavy atom. The predicted molar refractivity (Wildman–Crippen MR) is 214 cm³/mol. The Bertz CT molecular complexity index is 2540. The molecule has 0 aromatic heterocycles. The quantitative estimate of drug-likeness (QED) is 0.173. The van der Waals surface area contributed by atoms with Crippen molar-refractivity contribution in [1.29, 1.82) is 0 Å². The number of alkyl halides is 3. The SMILES string of the molecule is O=P1(NS(=O)(=O)C(F)(F)F)OC2=C(c3c4c(cc(-c5ccc(-c6ccccc6)cc5)c3O1)CCCC4)C1CCCCC1C=C2c1ccc(-c2ccccc2)cc1. The fraction of sp³-hybridized carbons (Fsp3) is 0.244. The number of halogens is 3. The largest absolute Gasteiger partial charge is 0.526 e. The summed E-state index contributed by atoms with van der Waals surface area (Å²) in [6.45, 7) is 0. The van der Waals surface area contributed by atoms with Crippen molar-refractivity contribution in [2.45, 2.75) is 56.9 Å². The summed E-state index contributed by atoms with van der Waals surface area (Å²) in [5.74, 6) is 0.0966. The number of sulfonamides is 1. The normalized spacial score (nSPS) is 21.9. The summed E-state index contributed by atoms with van der Waals surface area (Å²) in [6, 6.07) is 37.2. The molecular formula is C45H39F3NO5PS. The molecular weight excluding hydrogens is 755 g/mol. The molecule has 286 valence electrons. The highest BCUT2D eigenvalue weighted by Crippen LogP contribution is 2.63. The topological polar surface area (TPSA) is 81.7 Å². The summed E-state index contributed by atoms with van der Waals surface area (Å²) in [4.78, 5) is 0. The van der Waals surface area contributed by atoms with Gasteiger partial charge in [0.2, 0.25) is 0 Å². The Hall–Kier alpha value is -4.89. The zero-order valence-corrected chi connectivity index (χ0v) is 32.1. The lowest BCUT2D eigenvalue weighted by molar-refractivity contribution is -0.0443. The predicted octanol–water partition coefficient (Wildman–Crippen LogP) is 12.1. The van der Waals surface area contributed by atoms with E-state index in [1.54, 1.807) is 0 Å². The number of hydrogen-bond acceptors (Lipinski definition) is 5. The van der Waals surface area contributed by atoms with E-state index in [9.17, 15) is 21.6 Å². The van der Waals surface area contributed by atoms with E-state index in [1.807, 2.05) is 115 Å². The first-order chi connectivity index (χ1) is 27.0. The molecule has 0 radical (unpaired) electrons.